The number of rotatable bonds is 7. The van der Waals surface area contributed by atoms with Gasteiger partial charge in [-0.25, -0.2) is 4.68 Å². The normalized spacial score (nSPS) is 11.1. The molecule has 0 bridgehead atoms. The molecule has 0 spiro atoms. The van der Waals surface area contributed by atoms with E-state index in [9.17, 15) is 0 Å². The third-order valence-corrected chi connectivity index (χ3v) is 2.76. The van der Waals surface area contributed by atoms with Gasteiger partial charge in [0.05, 0.1) is 18.4 Å². The molecular formula is C15H21N3O. The van der Waals surface area contributed by atoms with Crippen molar-refractivity contribution in [1.29, 1.82) is 0 Å². The SMILES string of the molecule is CC(C)OCCNCc1ccc(-n2cccn2)cc1. The lowest BCUT2D eigenvalue weighted by atomic mass is 10.2. The van der Waals surface area contributed by atoms with Crippen molar-refractivity contribution < 1.29 is 4.74 Å². The van der Waals surface area contributed by atoms with E-state index in [4.69, 9.17) is 4.74 Å². The van der Waals surface area contributed by atoms with Crippen LogP contribution < -0.4 is 5.32 Å². The lowest BCUT2D eigenvalue weighted by molar-refractivity contribution is 0.0807. The molecule has 0 amide bonds. The summed E-state index contributed by atoms with van der Waals surface area (Å²) < 4.78 is 7.33. The van der Waals surface area contributed by atoms with Crippen molar-refractivity contribution in [1.82, 2.24) is 15.1 Å². The second-order valence-corrected chi connectivity index (χ2v) is 4.71. The molecule has 1 N–H and O–H groups in total. The quantitative estimate of drug-likeness (QED) is 0.776. The van der Waals surface area contributed by atoms with Crippen LogP contribution >= 0.6 is 0 Å². The minimum absolute atomic E-state index is 0.301. The largest absolute Gasteiger partial charge is 0.377 e. The van der Waals surface area contributed by atoms with Gasteiger partial charge in [0.2, 0.25) is 0 Å². The zero-order chi connectivity index (χ0) is 13.5. The lowest BCUT2D eigenvalue weighted by Gasteiger charge is -2.09. The van der Waals surface area contributed by atoms with Gasteiger partial charge in [0.15, 0.2) is 0 Å². The van der Waals surface area contributed by atoms with Crippen molar-refractivity contribution in [2.75, 3.05) is 13.2 Å². The molecule has 19 heavy (non-hydrogen) atoms. The monoisotopic (exact) mass is 259 g/mol. The van der Waals surface area contributed by atoms with Crippen LogP contribution in [-0.4, -0.2) is 29.0 Å². The molecule has 2 rings (SSSR count). The highest BCUT2D eigenvalue weighted by molar-refractivity contribution is 5.33. The summed E-state index contributed by atoms with van der Waals surface area (Å²) in [6.07, 6.45) is 4.02. The van der Waals surface area contributed by atoms with Crippen molar-refractivity contribution in [3.8, 4) is 5.69 Å². The molecule has 0 aliphatic carbocycles. The van der Waals surface area contributed by atoms with E-state index in [1.54, 1.807) is 6.20 Å². The maximum Gasteiger partial charge on any atom is 0.0645 e. The number of aromatic nitrogens is 2. The Balaban J connectivity index is 1.76. The first kappa shape index (κ1) is 13.8. The molecule has 4 heteroatoms. The maximum absolute atomic E-state index is 5.47. The first-order chi connectivity index (χ1) is 9.25. The highest BCUT2D eigenvalue weighted by atomic mass is 16.5. The summed E-state index contributed by atoms with van der Waals surface area (Å²) >= 11 is 0. The summed E-state index contributed by atoms with van der Waals surface area (Å²) in [5.74, 6) is 0. The van der Waals surface area contributed by atoms with Gasteiger partial charge in [-0.15, -0.1) is 0 Å². The Bertz CT molecular complexity index is 463. The second kappa shape index (κ2) is 7.07. The Labute approximate surface area is 114 Å². The molecule has 1 aromatic heterocycles. The highest BCUT2D eigenvalue weighted by Gasteiger charge is 1.97. The molecule has 2 aromatic rings. The molecule has 1 heterocycles. The van der Waals surface area contributed by atoms with Gasteiger partial charge in [0.25, 0.3) is 0 Å². The fourth-order valence-corrected chi connectivity index (χ4v) is 1.79. The number of nitrogens with zero attached hydrogens (tertiary/aromatic N) is 2. The first-order valence-electron chi connectivity index (χ1n) is 6.67. The molecule has 0 fully saturated rings. The zero-order valence-corrected chi connectivity index (χ0v) is 11.5. The van der Waals surface area contributed by atoms with Crippen LogP contribution in [-0.2, 0) is 11.3 Å². The maximum atomic E-state index is 5.47. The third kappa shape index (κ3) is 4.50. The molecule has 102 valence electrons. The van der Waals surface area contributed by atoms with E-state index in [0.717, 1.165) is 25.4 Å². The predicted octanol–water partition coefficient (Wildman–Crippen LogP) is 2.39. The van der Waals surface area contributed by atoms with Crippen molar-refractivity contribution in [2.24, 2.45) is 0 Å². The van der Waals surface area contributed by atoms with Gasteiger partial charge >= 0.3 is 0 Å². The van der Waals surface area contributed by atoms with E-state index in [1.165, 1.54) is 5.56 Å². The molecule has 4 nitrogen and oxygen atoms in total. The van der Waals surface area contributed by atoms with E-state index >= 15 is 0 Å². The van der Waals surface area contributed by atoms with Crippen LogP contribution in [0.2, 0.25) is 0 Å². The van der Waals surface area contributed by atoms with E-state index < -0.39 is 0 Å². The number of ether oxygens (including phenoxy) is 1. The fraction of sp³-hybridized carbons (Fsp3) is 0.400. The Hall–Kier alpha value is -1.65. The zero-order valence-electron chi connectivity index (χ0n) is 11.5. The summed E-state index contributed by atoms with van der Waals surface area (Å²) in [5.41, 5.74) is 2.34. The fourth-order valence-electron chi connectivity index (χ4n) is 1.79. The smallest absolute Gasteiger partial charge is 0.0645 e. The average molecular weight is 259 g/mol. The van der Waals surface area contributed by atoms with Crippen molar-refractivity contribution in [3.63, 3.8) is 0 Å². The van der Waals surface area contributed by atoms with E-state index in [0.29, 0.717) is 6.10 Å². The molecule has 0 unspecified atom stereocenters. The van der Waals surface area contributed by atoms with Crippen LogP contribution in [0.25, 0.3) is 5.69 Å². The van der Waals surface area contributed by atoms with Gasteiger partial charge in [-0.1, -0.05) is 12.1 Å². The highest BCUT2D eigenvalue weighted by Crippen LogP contribution is 2.08. The standard InChI is InChI=1S/C15H21N3O/c1-13(2)19-11-9-16-12-14-4-6-15(7-5-14)18-10-3-8-17-18/h3-8,10,13,16H,9,11-12H2,1-2H3. The Morgan fingerprint density at radius 3 is 2.68 bits per heavy atom. The van der Waals surface area contributed by atoms with Gasteiger partial charge < -0.3 is 10.1 Å². The predicted molar refractivity (Wildman–Crippen MR) is 76.4 cm³/mol. The van der Waals surface area contributed by atoms with E-state index in [-0.39, 0.29) is 0 Å². The number of hydrogen-bond donors (Lipinski definition) is 1. The van der Waals surface area contributed by atoms with Crippen LogP contribution in [0.5, 0.6) is 0 Å². The minimum atomic E-state index is 0.301. The van der Waals surface area contributed by atoms with Gasteiger partial charge in [0.1, 0.15) is 0 Å². The molecule has 0 aliphatic heterocycles. The molecule has 0 radical (unpaired) electrons. The third-order valence-electron chi connectivity index (χ3n) is 2.76. The van der Waals surface area contributed by atoms with Gasteiger partial charge in [-0.3, -0.25) is 0 Å². The Morgan fingerprint density at radius 2 is 2.05 bits per heavy atom. The Kier molecular flexibility index (Phi) is 5.12. The van der Waals surface area contributed by atoms with Crippen molar-refractivity contribution >= 4 is 0 Å². The molecule has 0 aliphatic rings. The minimum Gasteiger partial charge on any atom is -0.377 e. The van der Waals surface area contributed by atoms with Crippen LogP contribution in [0, 0.1) is 0 Å². The number of benzene rings is 1. The number of hydrogen-bond acceptors (Lipinski definition) is 3. The summed E-state index contributed by atoms with van der Waals surface area (Å²) in [5, 5.41) is 7.57. The topological polar surface area (TPSA) is 39.1 Å². The first-order valence-corrected chi connectivity index (χ1v) is 6.67. The van der Waals surface area contributed by atoms with E-state index in [1.807, 2.05) is 30.8 Å². The lowest BCUT2D eigenvalue weighted by Crippen LogP contribution is -2.20. The summed E-state index contributed by atoms with van der Waals surface area (Å²) in [7, 11) is 0. The molecule has 0 atom stereocenters. The summed E-state index contributed by atoms with van der Waals surface area (Å²) in [4.78, 5) is 0. The second-order valence-electron chi connectivity index (χ2n) is 4.71. The van der Waals surface area contributed by atoms with Crippen LogP contribution in [0.15, 0.2) is 42.7 Å². The summed E-state index contributed by atoms with van der Waals surface area (Å²) in [6, 6.07) is 10.3. The average Bonchev–Trinajstić information content (AvgIpc) is 2.93. The summed E-state index contributed by atoms with van der Waals surface area (Å²) in [6.45, 7) is 6.59. The Morgan fingerprint density at radius 1 is 1.26 bits per heavy atom. The van der Waals surface area contributed by atoms with Gasteiger partial charge in [0, 0.05) is 25.5 Å². The number of nitrogens with one attached hydrogen (secondary N) is 1. The van der Waals surface area contributed by atoms with Crippen LogP contribution in [0.4, 0.5) is 0 Å². The van der Waals surface area contributed by atoms with Crippen molar-refractivity contribution in [2.45, 2.75) is 26.5 Å². The van der Waals surface area contributed by atoms with E-state index in [2.05, 4.69) is 34.7 Å². The van der Waals surface area contributed by atoms with Gasteiger partial charge in [-0.2, -0.15) is 5.10 Å². The molecule has 1 aromatic carbocycles. The van der Waals surface area contributed by atoms with Crippen LogP contribution in [0.1, 0.15) is 19.4 Å². The molecule has 0 saturated heterocycles. The van der Waals surface area contributed by atoms with Crippen LogP contribution in [0.3, 0.4) is 0 Å². The molecule has 0 saturated carbocycles. The van der Waals surface area contributed by atoms with Crippen molar-refractivity contribution in [3.05, 3.63) is 48.3 Å². The van der Waals surface area contributed by atoms with Gasteiger partial charge in [-0.05, 0) is 37.6 Å². The molecular weight excluding hydrogens is 238 g/mol.